The number of likely N-dealkylation sites (N-methyl/N-ethyl adjacent to an activating group) is 1. The molecule has 0 saturated heterocycles. The first-order valence-corrected chi connectivity index (χ1v) is 5.60. The average molecular weight is 216 g/mol. The molecule has 0 radical (unpaired) electrons. The van der Waals surface area contributed by atoms with E-state index in [0.29, 0.717) is 19.0 Å². The molecule has 4 heteroatoms. The van der Waals surface area contributed by atoms with Gasteiger partial charge in [-0.1, -0.05) is 13.8 Å². The minimum Gasteiger partial charge on any atom is -0.392 e. The van der Waals surface area contributed by atoms with Gasteiger partial charge in [-0.3, -0.25) is 4.79 Å². The molecule has 1 amide bonds. The van der Waals surface area contributed by atoms with Crippen LogP contribution in [0.15, 0.2) is 0 Å². The van der Waals surface area contributed by atoms with Gasteiger partial charge in [-0.15, -0.1) is 0 Å². The lowest BCUT2D eigenvalue weighted by Crippen LogP contribution is -2.38. The number of aliphatic hydroxyl groups is 1. The van der Waals surface area contributed by atoms with E-state index in [1.54, 1.807) is 11.9 Å². The highest BCUT2D eigenvalue weighted by Gasteiger charge is 2.09. The van der Waals surface area contributed by atoms with Crippen molar-refractivity contribution in [1.82, 2.24) is 10.2 Å². The van der Waals surface area contributed by atoms with E-state index < -0.39 is 0 Å². The number of rotatable bonds is 7. The van der Waals surface area contributed by atoms with E-state index in [1.807, 2.05) is 6.92 Å². The quantitative estimate of drug-likeness (QED) is 0.650. The summed E-state index contributed by atoms with van der Waals surface area (Å²) in [6.07, 6.45) is 0.412. The number of hydrogen-bond donors (Lipinski definition) is 2. The fourth-order valence-electron chi connectivity index (χ4n) is 1.28. The van der Waals surface area contributed by atoms with E-state index >= 15 is 0 Å². The summed E-state index contributed by atoms with van der Waals surface area (Å²) < 4.78 is 0. The fourth-order valence-corrected chi connectivity index (χ4v) is 1.28. The summed E-state index contributed by atoms with van der Waals surface area (Å²) in [5.41, 5.74) is 0. The van der Waals surface area contributed by atoms with Crippen molar-refractivity contribution in [2.45, 2.75) is 33.3 Å². The molecule has 0 rings (SSSR count). The molecule has 0 spiro atoms. The highest BCUT2D eigenvalue weighted by Crippen LogP contribution is 2.02. The second-order valence-corrected chi connectivity index (χ2v) is 4.32. The molecular weight excluding hydrogens is 192 g/mol. The Bertz CT molecular complexity index is 183. The van der Waals surface area contributed by atoms with Gasteiger partial charge in [-0.05, 0) is 19.3 Å². The molecule has 0 saturated carbocycles. The predicted molar refractivity (Wildman–Crippen MR) is 61.6 cm³/mol. The summed E-state index contributed by atoms with van der Waals surface area (Å²) in [7, 11) is 1.77. The first kappa shape index (κ1) is 14.4. The molecule has 2 N–H and O–H groups in total. The molecule has 0 aromatic rings. The van der Waals surface area contributed by atoms with Crippen LogP contribution in [0.2, 0.25) is 0 Å². The van der Waals surface area contributed by atoms with E-state index in [2.05, 4.69) is 19.2 Å². The summed E-state index contributed by atoms with van der Waals surface area (Å²) in [4.78, 5) is 13.0. The largest absolute Gasteiger partial charge is 0.392 e. The Balaban J connectivity index is 3.57. The van der Waals surface area contributed by atoms with Crippen molar-refractivity contribution in [3.63, 3.8) is 0 Å². The number of amides is 1. The molecule has 0 heterocycles. The van der Waals surface area contributed by atoms with Crippen molar-refractivity contribution in [1.29, 1.82) is 0 Å². The van der Waals surface area contributed by atoms with Crippen LogP contribution in [0.3, 0.4) is 0 Å². The lowest BCUT2D eigenvalue weighted by molar-refractivity contribution is -0.128. The van der Waals surface area contributed by atoms with Gasteiger partial charge in [-0.2, -0.15) is 0 Å². The summed E-state index contributed by atoms with van der Waals surface area (Å²) in [6.45, 7) is 7.58. The van der Waals surface area contributed by atoms with Crippen LogP contribution >= 0.6 is 0 Å². The van der Waals surface area contributed by atoms with E-state index in [-0.39, 0.29) is 12.0 Å². The van der Waals surface area contributed by atoms with Crippen molar-refractivity contribution in [2.75, 3.05) is 26.7 Å². The molecule has 4 nitrogen and oxygen atoms in total. The van der Waals surface area contributed by atoms with Gasteiger partial charge < -0.3 is 15.3 Å². The topological polar surface area (TPSA) is 52.6 Å². The maximum absolute atomic E-state index is 11.4. The number of carbonyl (C=O) groups excluding carboxylic acids is 1. The minimum absolute atomic E-state index is 0.0641. The number of hydrogen-bond acceptors (Lipinski definition) is 3. The number of aliphatic hydroxyl groups excluding tert-OH is 1. The highest BCUT2D eigenvalue weighted by molar-refractivity contribution is 5.77. The van der Waals surface area contributed by atoms with Crippen LogP contribution in [0.25, 0.3) is 0 Å². The lowest BCUT2D eigenvalue weighted by atomic mass is 10.1. The Morgan fingerprint density at radius 3 is 2.53 bits per heavy atom. The van der Waals surface area contributed by atoms with Crippen LogP contribution in [-0.4, -0.2) is 48.7 Å². The zero-order valence-corrected chi connectivity index (χ0v) is 10.3. The third kappa shape index (κ3) is 7.33. The van der Waals surface area contributed by atoms with Crippen LogP contribution < -0.4 is 5.32 Å². The van der Waals surface area contributed by atoms with Crippen molar-refractivity contribution >= 4 is 5.91 Å². The summed E-state index contributed by atoms with van der Waals surface area (Å²) >= 11 is 0. The van der Waals surface area contributed by atoms with E-state index in [0.717, 1.165) is 13.0 Å². The van der Waals surface area contributed by atoms with Crippen LogP contribution in [0.5, 0.6) is 0 Å². The first-order valence-electron chi connectivity index (χ1n) is 5.60. The maximum atomic E-state index is 11.4. The Kier molecular flexibility index (Phi) is 7.34. The summed E-state index contributed by atoms with van der Waals surface area (Å²) in [5, 5.41) is 12.5. The predicted octanol–water partition coefficient (Wildman–Crippen LogP) is 0.461. The monoisotopic (exact) mass is 216 g/mol. The van der Waals surface area contributed by atoms with Gasteiger partial charge in [0.05, 0.1) is 12.6 Å². The Morgan fingerprint density at radius 2 is 2.07 bits per heavy atom. The molecule has 0 fully saturated rings. The molecule has 1 atom stereocenters. The van der Waals surface area contributed by atoms with Crippen LogP contribution in [0.4, 0.5) is 0 Å². The Hall–Kier alpha value is -0.610. The van der Waals surface area contributed by atoms with E-state index in [4.69, 9.17) is 0 Å². The fraction of sp³-hybridized carbons (Fsp3) is 0.909. The van der Waals surface area contributed by atoms with Gasteiger partial charge in [0.25, 0.3) is 0 Å². The summed E-state index contributed by atoms with van der Waals surface area (Å²) in [6, 6.07) is 0. The third-order valence-electron chi connectivity index (χ3n) is 2.30. The number of nitrogens with zero attached hydrogens (tertiary/aromatic N) is 1. The lowest BCUT2D eigenvalue weighted by Gasteiger charge is -2.17. The molecule has 90 valence electrons. The van der Waals surface area contributed by atoms with Crippen molar-refractivity contribution in [3.8, 4) is 0 Å². The second kappa shape index (κ2) is 7.65. The molecule has 0 aliphatic carbocycles. The van der Waals surface area contributed by atoms with Gasteiger partial charge in [0.15, 0.2) is 0 Å². The van der Waals surface area contributed by atoms with Gasteiger partial charge in [0, 0.05) is 20.1 Å². The molecular formula is C11H24N2O2. The van der Waals surface area contributed by atoms with Crippen molar-refractivity contribution < 1.29 is 9.90 Å². The van der Waals surface area contributed by atoms with Crippen molar-refractivity contribution in [3.05, 3.63) is 0 Å². The van der Waals surface area contributed by atoms with Crippen LogP contribution in [0.1, 0.15) is 27.2 Å². The molecule has 15 heavy (non-hydrogen) atoms. The van der Waals surface area contributed by atoms with Gasteiger partial charge >= 0.3 is 0 Å². The maximum Gasteiger partial charge on any atom is 0.236 e. The van der Waals surface area contributed by atoms with E-state index in [9.17, 15) is 9.90 Å². The zero-order valence-electron chi connectivity index (χ0n) is 10.3. The van der Waals surface area contributed by atoms with Gasteiger partial charge in [0.1, 0.15) is 0 Å². The molecule has 0 bridgehead atoms. The number of nitrogens with one attached hydrogen (secondary N) is 1. The third-order valence-corrected chi connectivity index (χ3v) is 2.30. The first-order chi connectivity index (χ1) is 6.97. The zero-order chi connectivity index (χ0) is 11.8. The average Bonchev–Trinajstić information content (AvgIpc) is 2.15. The molecule has 0 aromatic carbocycles. The van der Waals surface area contributed by atoms with Crippen LogP contribution in [0, 0.1) is 5.92 Å². The van der Waals surface area contributed by atoms with Crippen LogP contribution in [-0.2, 0) is 4.79 Å². The highest BCUT2D eigenvalue weighted by atomic mass is 16.3. The Morgan fingerprint density at radius 1 is 1.47 bits per heavy atom. The SMILES string of the molecule is CCN(C)C(=O)CNCC(O)CC(C)C. The molecule has 0 aliphatic rings. The van der Waals surface area contributed by atoms with Crippen molar-refractivity contribution in [2.24, 2.45) is 5.92 Å². The number of carbonyl (C=O) groups is 1. The molecule has 0 aromatic heterocycles. The molecule has 1 unspecified atom stereocenters. The molecule has 0 aliphatic heterocycles. The second-order valence-electron chi connectivity index (χ2n) is 4.32. The van der Waals surface area contributed by atoms with E-state index in [1.165, 1.54) is 0 Å². The standard InChI is InChI=1S/C11H24N2O2/c1-5-13(4)11(15)8-12-7-10(14)6-9(2)3/h9-10,12,14H,5-8H2,1-4H3. The Labute approximate surface area is 92.7 Å². The minimum atomic E-state index is -0.357. The van der Waals surface area contributed by atoms with Gasteiger partial charge in [-0.25, -0.2) is 0 Å². The van der Waals surface area contributed by atoms with Gasteiger partial charge in [0.2, 0.25) is 5.91 Å². The summed E-state index contributed by atoms with van der Waals surface area (Å²) in [5.74, 6) is 0.546. The smallest absolute Gasteiger partial charge is 0.236 e. The normalized spacial score (nSPS) is 12.9.